The van der Waals surface area contributed by atoms with Crippen LogP contribution in [0.3, 0.4) is 0 Å². The highest BCUT2D eigenvalue weighted by Gasteiger charge is 2.29. The first-order valence-electron chi connectivity index (χ1n) is 10.7. The molecule has 0 bridgehead atoms. The summed E-state index contributed by atoms with van der Waals surface area (Å²) < 4.78 is 32.2. The van der Waals surface area contributed by atoms with E-state index in [1.807, 2.05) is 12.1 Å². The number of ether oxygens (including phenoxy) is 1. The van der Waals surface area contributed by atoms with E-state index in [2.05, 4.69) is 47.5 Å². The highest BCUT2D eigenvalue weighted by molar-refractivity contribution is 7.89. The first-order chi connectivity index (χ1) is 14.5. The molecule has 2 aromatic rings. The normalized spacial score (nSPS) is 23.6. The van der Waals surface area contributed by atoms with Gasteiger partial charge in [0.15, 0.2) is 0 Å². The van der Waals surface area contributed by atoms with Gasteiger partial charge in [-0.25, -0.2) is 8.42 Å². The van der Waals surface area contributed by atoms with Crippen LogP contribution in [0.4, 0.5) is 0 Å². The number of nitrogens with one attached hydrogen (secondary N) is 1. The van der Waals surface area contributed by atoms with E-state index in [4.69, 9.17) is 4.74 Å². The zero-order valence-electron chi connectivity index (χ0n) is 17.5. The van der Waals surface area contributed by atoms with Crippen LogP contribution in [0.1, 0.15) is 24.5 Å². The fourth-order valence-corrected chi connectivity index (χ4v) is 5.67. The summed E-state index contributed by atoms with van der Waals surface area (Å²) in [4.78, 5) is 2.88. The minimum Gasteiger partial charge on any atom is -0.379 e. The number of rotatable bonds is 7. The molecule has 0 spiro atoms. The molecule has 4 rings (SSSR count). The van der Waals surface area contributed by atoms with E-state index in [1.54, 1.807) is 12.1 Å². The van der Waals surface area contributed by atoms with Crippen LogP contribution >= 0.6 is 0 Å². The largest absolute Gasteiger partial charge is 0.379 e. The summed E-state index contributed by atoms with van der Waals surface area (Å²) in [5, 5.41) is 3.65. The Balaban J connectivity index is 1.30. The van der Waals surface area contributed by atoms with E-state index in [-0.39, 0.29) is 0 Å². The third-order valence-corrected chi connectivity index (χ3v) is 7.97. The van der Waals surface area contributed by atoms with Gasteiger partial charge >= 0.3 is 0 Å². The monoisotopic (exact) mass is 429 g/mol. The number of hydrogen-bond acceptors (Lipinski definition) is 5. The van der Waals surface area contributed by atoms with E-state index >= 15 is 0 Å². The smallest absolute Gasteiger partial charge is 0.243 e. The molecule has 2 aliphatic heterocycles. The maximum Gasteiger partial charge on any atom is 0.243 e. The van der Waals surface area contributed by atoms with Crippen LogP contribution < -0.4 is 5.32 Å². The lowest BCUT2D eigenvalue weighted by atomic mass is 10.1. The maximum atomic E-state index is 12.7. The molecule has 0 amide bonds. The minimum atomic E-state index is -3.43. The van der Waals surface area contributed by atoms with Gasteiger partial charge in [-0.3, -0.25) is 4.90 Å². The molecule has 2 aromatic carbocycles. The summed E-state index contributed by atoms with van der Waals surface area (Å²) in [5.41, 5.74) is 2.45. The van der Waals surface area contributed by atoms with Gasteiger partial charge in [0.05, 0.1) is 18.1 Å². The molecule has 0 aliphatic carbocycles. The van der Waals surface area contributed by atoms with Crippen molar-refractivity contribution in [2.24, 2.45) is 0 Å². The van der Waals surface area contributed by atoms with Crippen LogP contribution in [0.15, 0.2) is 59.5 Å². The zero-order valence-corrected chi connectivity index (χ0v) is 18.4. The first-order valence-corrected chi connectivity index (χ1v) is 12.1. The molecule has 2 fully saturated rings. The number of sulfonamides is 1. The molecule has 2 saturated heterocycles. The molecule has 30 heavy (non-hydrogen) atoms. The first kappa shape index (κ1) is 21.5. The number of nitrogens with zero attached hydrogens (tertiary/aromatic N) is 2. The SMILES string of the molecule is C[C@H]1C[C@H](NCc2ccc(S(=O)(=O)N3CCOCC3)cc2)CN1Cc1ccccc1. The van der Waals surface area contributed by atoms with Gasteiger partial charge in [-0.05, 0) is 36.6 Å². The molecule has 2 aliphatic rings. The van der Waals surface area contributed by atoms with Gasteiger partial charge in [0.1, 0.15) is 0 Å². The summed E-state index contributed by atoms with van der Waals surface area (Å²) in [5.74, 6) is 0. The Morgan fingerprint density at radius 2 is 1.70 bits per heavy atom. The minimum absolute atomic E-state index is 0.358. The van der Waals surface area contributed by atoms with Crippen molar-refractivity contribution in [1.82, 2.24) is 14.5 Å². The van der Waals surface area contributed by atoms with Gasteiger partial charge in [-0.15, -0.1) is 0 Å². The van der Waals surface area contributed by atoms with Gasteiger partial charge < -0.3 is 10.1 Å². The summed E-state index contributed by atoms with van der Waals surface area (Å²) in [6, 6.07) is 18.9. The second kappa shape index (κ2) is 9.58. The van der Waals surface area contributed by atoms with E-state index in [0.717, 1.165) is 31.6 Å². The molecule has 0 radical (unpaired) electrons. The lowest BCUT2D eigenvalue weighted by Crippen LogP contribution is -2.40. The van der Waals surface area contributed by atoms with E-state index in [0.29, 0.717) is 43.3 Å². The summed E-state index contributed by atoms with van der Waals surface area (Å²) in [7, 11) is -3.43. The van der Waals surface area contributed by atoms with Crippen LogP contribution in [0.2, 0.25) is 0 Å². The number of benzene rings is 2. The number of likely N-dealkylation sites (tertiary alicyclic amines) is 1. The third kappa shape index (κ3) is 5.10. The van der Waals surface area contributed by atoms with Gasteiger partial charge in [0.2, 0.25) is 10.0 Å². The van der Waals surface area contributed by atoms with Crippen molar-refractivity contribution in [2.75, 3.05) is 32.8 Å². The van der Waals surface area contributed by atoms with E-state index in [1.165, 1.54) is 9.87 Å². The topological polar surface area (TPSA) is 61.9 Å². The van der Waals surface area contributed by atoms with Crippen LogP contribution in [0.5, 0.6) is 0 Å². The summed E-state index contributed by atoms with van der Waals surface area (Å²) in [6.07, 6.45) is 1.12. The quantitative estimate of drug-likeness (QED) is 0.733. The Morgan fingerprint density at radius 3 is 2.40 bits per heavy atom. The average molecular weight is 430 g/mol. The second-order valence-corrected chi connectivity index (χ2v) is 10.2. The second-order valence-electron chi connectivity index (χ2n) is 8.24. The van der Waals surface area contributed by atoms with Crippen LogP contribution in [0, 0.1) is 0 Å². The molecule has 1 N–H and O–H groups in total. The van der Waals surface area contributed by atoms with Crippen molar-refractivity contribution in [3.8, 4) is 0 Å². The van der Waals surface area contributed by atoms with Gasteiger partial charge in [-0.2, -0.15) is 4.31 Å². The molecular weight excluding hydrogens is 398 g/mol. The summed E-state index contributed by atoms with van der Waals surface area (Å²) >= 11 is 0. The van der Waals surface area contributed by atoms with Gasteiger partial charge in [0, 0.05) is 44.8 Å². The fraction of sp³-hybridized carbons (Fsp3) is 0.478. The maximum absolute atomic E-state index is 12.7. The standard InChI is InChI=1S/C23H31N3O3S/c1-19-15-22(18-25(19)17-21-5-3-2-4-6-21)24-16-20-7-9-23(10-8-20)30(27,28)26-11-13-29-14-12-26/h2-10,19,22,24H,11-18H2,1H3/t19-,22-/m0/s1. The molecule has 162 valence electrons. The van der Waals surface area contributed by atoms with Gasteiger partial charge in [-0.1, -0.05) is 42.5 Å². The number of morpholine rings is 1. The van der Waals surface area contributed by atoms with Crippen molar-refractivity contribution < 1.29 is 13.2 Å². The predicted molar refractivity (Wildman–Crippen MR) is 118 cm³/mol. The highest BCUT2D eigenvalue weighted by atomic mass is 32.2. The van der Waals surface area contributed by atoms with Crippen molar-refractivity contribution in [3.05, 3.63) is 65.7 Å². The Bertz CT molecular complexity index is 912. The molecule has 6 nitrogen and oxygen atoms in total. The molecule has 0 unspecified atom stereocenters. The molecule has 0 aromatic heterocycles. The molecule has 7 heteroatoms. The Kier molecular flexibility index (Phi) is 6.85. The van der Waals surface area contributed by atoms with E-state index < -0.39 is 10.0 Å². The van der Waals surface area contributed by atoms with Crippen molar-refractivity contribution in [2.45, 2.75) is 43.4 Å². The Morgan fingerprint density at radius 1 is 1.00 bits per heavy atom. The van der Waals surface area contributed by atoms with Crippen molar-refractivity contribution >= 4 is 10.0 Å². The zero-order chi connectivity index (χ0) is 21.0. The molecule has 2 heterocycles. The van der Waals surface area contributed by atoms with Crippen molar-refractivity contribution in [1.29, 1.82) is 0 Å². The van der Waals surface area contributed by atoms with Crippen LogP contribution in [-0.2, 0) is 27.8 Å². The van der Waals surface area contributed by atoms with Crippen molar-refractivity contribution in [3.63, 3.8) is 0 Å². The lowest BCUT2D eigenvalue weighted by Gasteiger charge is -2.26. The Labute approximate surface area is 179 Å². The molecule has 2 atom stereocenters. The summed E-state index contributed by atoms with van der Waals surface area (Å²) in [6.45, 7) is 6.80. The number of hydrogen-bond donors (Lipinski definition) is 1. The Hall–Kier alpha value is -1.77. The highest BCUT2D eigenvalue weighted by Crippen LogP contribution is 2.21. The average Bonchev–Trinajstić information content (AvgIpc) is 3.13. The fourth-order valence-electron chi connectivity index (χ4n) is 4.26. The van der Waals surface area contributed by atoms with E-state index in [9.17, 15) is 8.42 Å². The van der Waals surface area contributed by atoms with Crippen LogP contribution in [0.25, 0.3) is 0 Å². The third-order valence-electron chi connectivity index (χ3n) is 6.06. The van der Waals surface area contributed by atoms with Gasteiger partial charge in [0.25, 0.3) is 0 Å². The lowest BCUT2D eigenvalue weighted by molar-refractivity contribution is 0.0730. The predicted octanol–water partition coefficient (Wildman–Crippen LogP) is 2.46. The molecular formula is C23H31N3O3S. The van der Waals surface area contributed by atoms with Crippen LogP contribution in [-0.4, -0.2) is 62.6 Å². The molecule has 0 saturated carbocycles.